The van der Waals surface area contributed by atoms with Crippen molar-refractivity contribution in [3.63, 3.8) is 0 Å². The van der Waals surface area contributed by atoms with Crippen LogP contribution >= 0.6 is 0 Å². The van der Waals surface area contributed by atoms with Gasteiger partial charge in [0.15, 0.2) is 0 Å². The zero-order chi connectivity index (χ0) is 38.2. The summed E-state index contributed by atoms with van der Waals surface area (Å²) in [5, 5.41) is 10.9. The number of imidazole rings is 1. The van der Waals surface area contributed by atoms with Crippen molar-refractivity contribution in [1.29, 1.82) is 0 Å². The van der Waals surface area contributed by atoms with Crippen LogP contribution in [0.5, 0.6) is 5.75 Å². The van der Waals surface area contributed by atoms with Gasteiger partial charge in [-0.15, -0.1) is 23.8 Å². The zero-order valence-electron chi connectivity index (χ0n) is 31.9. The van der Waals surface area contributed by atoms with E-state index < -0.39 is 0 Å². The molecule has 9 rings (SSSR count). The Morgan fingerprint density at radius 1 is 0.526 bits per heavy atom. The maximum absolute atomic E-state index is 10.9. The van der Waals surface area contributed by atoms with Crippen molar-refractivity contribution in [2.75, 3.05) is 0 Å². The van der Waals surface area contributed by atoms with Gasteiger partial charge in [0.05, 0.1) is 16.6 Å². The molecule has 0 aliphatic carbocycles. The smallest absolute Gasteiger partial charge is 0.143 e. The van der Waals surface area contributed by atoms with Crippen molar-refractivity contribution in [2.24, 2.45) is 7.05 Å². The first-order chi connectivity index (χ1) is 27.3. The molecule has 2 aromatic heterocycles. The van der Waals surface area contributed by atoms with Gasteiger partial charge in [-0.25, -0.2) is 4.98 Å². The zero-order valence-corrected chi connectivity index (χ0v) is 34.2. The Balaban J connectivity index is 0.00000455. The van der Waals surface area contributed by atoms with Crippen LogP contribution in [0.4, 0.5) is 0 Å². The van der Waals surface area contributed by atoms with Crippen LogP contribution in [0.3, 0.4) is 0 Å². The maximum Gasteiger partial charge on any atom is 0.143 e. The largest absolute Gasteiger partial charge is 0.507 e. The molecule has 2 heterocycles. The number of nitrogens with zero attached hydrogens (tertiary/aromatic N) is 3. The summed E-state index contributed by atoms with van der Waals surface area (Å²) in [7, 11) is 2.01. The number of aromatic nitrogens is 3. The molecule has 280 valence electrons. The fraction of sp³-hybridized carbons (Fsp3) is 0.0769. The average molecular weight is 918 g/mol. The standard InChI is InChI=1S/C52H40N3O.Pt/c1-52(2,43-19-11-6-12-20-43)44-25-23-37(24-26-44)38-27-28-53-47(33-38)42-30-39(35-15-7-4-8-16-35)29-41(31-42)46-32-40(36-17-9-5-10-18-36)34-48-50(46)54-51(55(48)3)45-21-13-14-22-49(45)56;/h4-30,32-34,56H,1-3H3;/q-1;. The molecule has 57 heavy (non-hydrogen) atoms. The molecule has 0 amide bonds. The van der Waals surface area contributed by atoms with Crippen molar-refractivity contribution >= 4 is 11.0 Å². The fourth-order valence-electron chi connectivity index (χ4n) is 7.70. The van der Waals surface area contributed by atoms with E-state index in [1.807, 2.05) is 43.6 Å². The van der Waals surface area contributed by atoms with Crippen LogP contribution < -0.4 is 0 Å². The van der Waals surface area contributed by atoms with Crippen LogP contribution in [0, 0.1) is 6.07 Å². The fourth-order valence-corrected chi connectivity index (χ4v) is 7.70. The number of hydrogen-bond acceptors (Lipinski definition) is 3. The number of rotatable bonds is 8. The first kappa shape index (κ1) is 37.6. The molecule has 0 unspecified atom stereocenters. The van der Waals surface area contributed by atoms with Crippen LogP contribution in [-0.4, -0.2) is 19.6 Å². The first-order valence-corrected chi connectivity index (χ1v) is 18.9. The molecule has 7 aromatic carbocycles. The van der Waals surface area contributed by atoms with Crippen LogP contribution in [0.15, 0.2) is 182 Å². The molecule has 0 radical (unpaired) electrons. The topological polar surface area (TPSA) is 50.9 Å². The van der Waals surface area contributed by atoms with E-state index in [1.54, 1.807) is 6.07 Å². The van der Waals surface area contributed by atoms with Gasteiger partial charge >= 0.3 is 0 Å². The van der Waals surface area contributed by atoms with Gasteiger partial charge in [0.2, 0.25) is 0 Å². The van der Waals surface area contributed by atoms with E-state index in [9.17, 15) is 5.11 Å². The summed E-state index contributed by atoms with van der Waals surface area (Å²) in [6, 6.07) is 64.6. The van der Waals surface area contributed by atoms with Gasteiger partial charge in [0.1, 0.15) is 11.6 Å². The quantitative estimate of drug-likeness (QED) is 0.155. The molecule has 4 nitrogen and oxygen atoms in total. The second-order valence-electron chi connectivity index (χ2n) is 14.8. The van der Waals surface area contributed by atoms with Gasteiger partial charge in [-0.1, -0.05) is 170 Å². The van der Waals surface area contributed by atoms with E-state index in [-0.39, 0.29) is 32.2 Å². The number of aromatic hydroxyl groups is 1. The Morgan fingerprint density at radius 2 is 1.09 bits per heavy atom. The van der Waals surface area contributed by atoms with Gasteiger partial charge in [0.25, 0.3) is 0 Å². The van der Waals surface area contributed by atoms with E-state index in [1.165, 1.54) is 11.1 Å². The molecule has 0 saturated heterocycles. The number of para-hydroxylation sites is 1. The van der Waals surface area contributed by atoms with Crippen LogP contribution in [0.1, 0.15) is 25.0 Å². The molecule has 0 atom stereocenters. The van der Waals surface area contributed by atoms with Crippen LogP contribution in [-0.2, 0) is 33.5 Å². The number of pyridine rings is 1. The van der Waals surface area contributed by atoms with E-state index in [2.05, 4.69) is 164 Å². The van der Waals surface area contributed by atoms with E-state index in [0.717, 1.165) is 66.8 Å². The summed E-state index contributed by atoms with van der Waals surface area (Å²) < 4.78 is 2.07. The van der Waals surface area contributed by atoms with Crippen molar-refractivity contribution in [2.45, 2.75) is 19.3 Å². The van der Waals surface area contributed by atoms with Gasteiger partial charge in [-0.05, 0) is 63.2 Å². The van der Waals surface area contributed by atoms with Crippen LogP contribution in [0.25, 0.3) is 78.2 Å². The normalized spacial score (nSPS) is 11.4. The minimum absolute atomic E-state index is 0. The minimum Gasteiger partial charge on any atom is -0.507 e. The molecule has 5 heteroatoms. The Labute approximate surface area is 348 Å². The van der Waals surface area contributed by atoms with E-state index >= 15 is 0 Å². The molecule has 0 spiro atoms. The van der Waals surface area contributed by atoms with Gasteiger partial charge in [-0.3, -0.25) is 4.98 Å². The van der Waals surface area contributed by atoms with Crippen LogP contribution in [0.2, 0.25) is 0 Å². The van der Waals surface area contributed by atoms with Crippen molar-refractivity contribution in [3.8, 4) is 72.9 Å². The van der Waals surface area contributed by atoms with Gasteiger partial charge in [-0.2, -0.15) is 0 Å². The summed E-state index contributed by atoms with van der Waals surface area (Å²) in [5.74, 6) is 0.882. The van der Waals surface area contributed by atoms with Crippen molar-refractivity contribution in [1.82, 2.24) is 14.5 Å². The molecule has 0 bridgehead atoms. The molecule has 1 N–H and O–H groups in total. The molecule has 0 saturated carbocycles. The summed E-state index contributed by atoms with van der Waals surface area (Å²) in [6.07, 6.45) is 1.89. The molecule has 0 aliphatic heterocycles. The molecule has 9 aromatic rings. The van der Waals surface area contributed by atoms with Gasteiger partial charge < -0.3 is 9.67 Å². The third kappa shape index (κ3) is 7.25. The maximum atomic E-state index is 10.9. The number of hydrogen-bond donors (Lipinski definition) is 1. The minimum atomic E-state index is -0.120. The Kier molecular flexibility index (Phi) is 10.3. The number of benzene rings is 7. The summed E-state index contributed by atoms with van der Waals surface area (Å²) in [6.45, 7) is 4.55. The summed E-state index contributed by atoms with van der Waals surface area (Å²) >= 11 is 0. The van der Waals surface area contributed by atoms with E-state index in [4.69, 9.17) is 9.97 Å². The predicted octanol–water partition coefficient (Wildman–Crippen LogP) is 12.8. The summed E-state index contributed by atoms with van der Waals surface area (Å²) in [4.78, 5) is 10.1. The SMILES string of the molecule is Cn1c(-c2ccccc2O)nc2c(-c3[c-]c(-c4cc(-c5ccc(C(C)(C)c6ccccc6)cc5)ccn4)cc(-c4ccccc4)c3)cc(-c3ccccc3)cc21.[Pt]. The Bertz CT molecular complexity index is 2830. The van der Waals surface area contributed by atoms with Crippen molar-refractivity contribution < 1.29 is 26.2 Å². The first-order valence-electron chi connectivity index (χ1n) is 18.9. The molecular formula is C52H40N3OPt-. The number of phenolic OH excluding ortho intramolecular Hbond substituents is 1. The van der Waals surface area contributed by atoms with Crippen molar-refractivity contribution in [3.05, 3.63) is 199 Å². The number of aryl methyl sites for hydroxylation is 1. The molecule has 0 aliphatic rings. The summed E-state index contributed by atoms with van der Waals surface area (Å²) in [5.41, 5.74) is 15.0. The Hall–Kier alpha value is -6.35. The van der Waals surface area contributed by atoms with Gasteiger partial charge in [0, 0.05) is 45.4 Å². The predicted molar refractivity (Wildman–Crippen MR) is 230 cm³/mol. The number of fused-ring (bicyclic) bond motifs is 1. The second-order valence-corrected chi connectivity index (χ2v) is 14.8. The third-order valence-electron chi connectivity index (χ3n) is 11.0. The Morgan fingerprint density at radius 3 is 1.75 bits per heavy atom. The molecular weight excluding hydrogens is 878 g/mol. The molecule has 0 fully saturated rings. The average Bonchev–Trinajstić information content (AvgIpc) is 3.59. The third-order valence-corrected chi connectivity index (χ3v) is 11.0. The van der Waals surface area contributed by atoms with E-state index in [0.29, 0.717) is 11.4 Å². The second kappa shape index (κ2) is 15.7. The number of phenols is 1. The monoisotopic (exact) mass is 917 g/mol.